The smallest absolute Gasteiger partial charge is 0.328 e. The maximum atomic E-state index is 13.7. The highest BCUT2D eigenvalue weighted by atomic mass is 79.9. The van der Waals surface area contributed by atoms with Gasteiger partial charge in [-0.25, -0.2) is 9.18 Å². The molecule has 0 aliphatic carbocycles. The first-order chi connectivity index (χ1) is 9.00. The highest BCUT2D eigenvalue weighted by Crippen LogP contribution is 2.19. The average molecular weight is 332 g/mol. The van der Waals surface area contributed by atoms with E-state index in [0.717, 1.165) is 11.0 Å². The Balaban J connectivity index is 2.31. The number of nitrogens with zero attached hydrogens (tertiary/aromatic N) is 1. The summed E-state index contributed by atoms with van der Waals surface area (Å²) < 4.78 is 19.2. The molecule has 0 radical (unpaired) electrons. The summed E-state index contributed by atoms with van der Waals surface area (Å²) >= 11 is 3.15. The van der Waals surface area contributed by atoms with E-state index in [1.54, 1.807) is 0 Å². The van der Waals surface area contributed by atoms with Gasteiger partial charge in [0.15, 0.2) is 6.04 Å². The fourth-order valence-corrected chi connectivity index (χ4v) is 2.23. The molecular weight excluding hydrogens is 321 g/mol. The molecule has 1 unspecified atom stereocenters. The van der Waals surface area contributed by atoms with Crippen molar-refractivity contribution >= 4 is 27.8 Å². The van der Waals surface area contributed by atoms with Gasteiger partial charge in [0.25, 0.3) is 5.91 Å². The number of hydrogen-bond donors (Lipinski definition) is 1. The first kappa shape index (κ1) is 14.0. The van der Waals surface area contributed by atoms with Crippen LogP contribution in [0.25, 0.3) is 0 Å². The molecule has 1 N–H and O–H groups in total. The third kappa shape index (κ3) is 2.93. The van der Waals surface area contributed by atoms with E-state index in [-0.39, 0.29) is 25.3 Å². The molecule has 1 atom stereocenters. The summed E-state index contributed by atoms with van der Waals surface area (Å²) in [5.74, 6) is -2.48. The summed E-state index contributed by atoms with van der Waals surface area (Å²) in [6.07, 6.45) is 0. The molecule has 5 nitrogen and oxygen atoms in total. The molecular formula is C12H11BrFNO4. The fourth-order valence-electron chi connectivity index (χ4n) is 1.87. The van der Waals surface area contributed by atoms with Gasteiger partial charge in [0.2, 0.25) is 0 Å². The Morgan fingerprint density at radius 1 is 1.47 bits per heavy atom. The molecule has 1 fully saturated rings. The first-order valence-corrected chi connectivity index (χ1v) is 6.36. The normalized spacial score (nSPS) is 19.3. The minimum Gasteiger partial charge on any atom is -0.480 e. The van der Waals surface area contributed by atoms with Crippen LogP contribution in [0.15, 0.2) is 22.7 Å². The summed E-state index contributed by atoms with van der Waals surface area (Å²) in [6.45, 7) is 0.281. The average Bonchev–Trinajstić information content (AvgIpc) is 2.40. The van der Waals surface area contributed by atoms with E-state index in [9.17, 15) is 14.0 Å². The van der Waals surface area contributed by atoms with Gasteiger partial charge in [0.1, 0.15) is 5.82 Å². The van der Waals surface area contributed by atoms with E-state index < -0.39 is 23.7 Å². The quantitative estimate of drug-likeness (QED) is 0.892. The number of hydrogen-bond acceptors (Lipinski definition) is 3. The van der Waals surface area contributed by atoms with E-state index >= 15 is 0 Å². The second-order valence-corrected chi connectivity index (χ2v) is 4.97. The summed E-state index contributed by atoms with van der Waals surface area (Å²) in [5, 5.41) is 9.05. The third-order valence-corrected chi connectivity index (χ3v) is 3.33. The Labute approximate surface area is 117 Å². The van der Waals surface area contributed by atoms with E-state index in [1.807, 2.05) is 0 Å². The Bertz CT molecular complexity index is 522. The summed E-state index contributed by atoms with van der Waals surface area (Å²) in [4.78, 5) is 24.4. The van der Waals surface area contributed by atoms with Crippen LogP contribution in [0.3, 0.4) is 0 Å². The largest absolute Gasteiger partial charge is 0.480 e. The minimum absolute atomic E-state index is 0.0866. The van der Waals surface area contributed by atoms with Crippen molar-refractivity contribution in [3.8, 4) is 0 Å². The zero-order valence-corrected chi connectivity index (χ0v) is 11.4. The number of carbonyl (C=O) groups excluding carboxylic acids is 1. The molecule has 0 aromatic heterocycles. The number of carboxylic acid groups (broad SMARTS) is 1. The Morgan fingerprint density at radius 2 is 2.21 bits per heavy atom. The molecule has 1 heterocycles. The lowest BCUT2D eigenvalue weighted by atomic mass is 10.1. The molecule has 1 saturated heterocycles. The van der Waals surface area contributed by atoms with Gasteiger partial charge in [-0.15, -0.1) is 0 Å². The molecule has 19 heavy (non-hydrogen) atoms. The zero-order valence-electron chi connectivity index (χ0n) is 9.81. The molecule has 1 aliphatic heterocycles. The van der Waals surface area contributed by atoms with Crippen molar-refractivity contribution in [1.29, 1.82) is 0 Å². The van der Waals surface area contributed by atoms with E-state index in [0.29, 0.717) is 4.47 Å². The second kappa shape index (κ2) is 5.66. The molecule has 0 saturated carbocycles. The highest BCUT2D eigenvalue weighted by Gasteiger charge is 2.34. The Kier molecular flexibility index (Phi) is 4.16. The van der Waals surface area contributed by atoms with Gasteiger partial charge in [0, 0.05) is 11.0 Å². The number of halogens is 2. The van der Waals surface area contributed by atoms with Gasteiger partial charge < -0.3 is 14.7 Å². The minimum atomic E-state index is -1.16. The van der Waals surface area contributed by atoms with Crippen molar-refractivity contribution in [2.45, 2.75) is 6.04 Å². The second-order valence-electron chi connectivity index (χ2n) is 4.05. The van der Waals surface area contributed by atoms with Crippen LogP contribution in [0.1, 0.15) is 10.4 Å². The van der Waals surface area contributed by atoms with Crippen LogP contribution < -0.4 is 0 Å². The maximum absolute atomic E-state index is 13.7. The van der Waals surface area contributed by atoms with E-state index in [2.05, 4.69) is 15.9 Å². The van der Waals surface area contributed by atoms with Crippen molar-refractivity contribution in [2.24, 2.45) is 0 Å². The molecule has 2 rings (SSSR count). The predicted molar refractivity (Wildman–Crippen MR) is 67.4 cm³/mol. The van der Waals surface area contributed by atoms with Crippen molar-refractivity contribution < 1.29 is 23.8 Å². The number of ether oxygens (including phenoxy) is 1. The lowest BCUT2D eigenvalue weighted by molar-refractivity contribution is -0.147. The number of benzene rings is 1. The van der Waals surface area contributed by atoms with Crippen LogP contribution in [-0.4, -0.2) is 47.7 Å². The van der Waals surface area contributed by atoms with Crippen molar-refractivity contribution in [3.63, 3.8) is 0 Å². The molecule has 1 aliphatic rings. The lowest BCUT2D eigenvalue weighted by Gasteiger charge is -2.32. The van der Waals surface area contributed by atoms with Crippen LogP contribution in [0.4, 0.5) is 4.39 Å². The van der Waals surface area contributed by atoms with E-state index in [4.69, 9.17) is 9.84 Å². The van der Waals surface area contributed by atoms with Crippen molar-refractivity contribution in [3.05, 3.63) is 34.1 Å². The lowest BCUT2D eigenvalue weighted by Crippen LogP contribution is -2.52. The number of amides is 1. The number of carbonyl (C=O) groups is 2. The van der Waals surface area contributed by atoms with Gasteiger partial charge in [0.05, 0.1) is 18.8 Å². The molecule has 1 aromatic carbocycles. The standard InChI is InChI=1S/C12H11BrFNO4/c13-7-1-2-9(14)8(5-7)11(16)15-3-4-19-6-10(15)12(17)18/h1-2,5,10H,3-4,6H2,(H,17,18). The summed E-state index contributed by atoms with van der Waals surface area (Å²) in [7, 11) is 0. The summed E-state index contributed by atoms with van der Waals surface area (Å²) in [5.41, 5.74) is -0.150. The van der Waals surface area contributed by atoms with Gasteiger partial charge in [-0.1, -0.05) is 15.9 Å². The first-order valence-electron chi connectivity index (χ1n) is 5.57. The third-order valence-electron chi connectivity index (χ3n) is 2.83. The van der Waals surface area contributed by atoms with Gasteiger partial charge in [-0.3, -0.25) is 4.79 Å². The predicted octanol–water partition coefficient (Wildman–Crippen LogP) is 1.51. The Hall–Kier alpha value is -1.47. The van der Waals surface area contributed by atoms with Crippen LogP contribution in [0.2, 0.25) is 0 Å². The number of carboxylic acids is 1. The van der Waals surface area contributed by atoms with Gasteiger partial charge in [-0.2, -0.15) is 0 Å². The number of aliphatic carboxylic acids is 1. The monoisotopic (exact) mass is 331 g/mol. The highest BCUT2D eigenvalue weighted by molar-refractivity contribution is 9.10. The number of rotatable bonds is 2. The topological polar surface area (TPSA) is 66.8 Å². The van der Waals surface area contributed by atoms with Crippen molar-refractivity contribution in [2.75, 3.05) is 19.8 Å². The van der Waals surface area contributed by atoms with Gasteiger partial charge >= 0.3 is 5.97 Å². The fraction of sp³-hybridized carbons (Fsp3) is 0.333. The molecule has 1 aromatic rings. The Morgan fingerprint density at radius 3 is 2.89 bits per heavy atom. The van der Waals surface area contributed by atoms with Crippen LogP contribution in [0, 0.1) is 5.82 Å². The van der Waals surface area contributed by atoms with Crippen LogP contribution in [-0.2, 0) is 9.53 Å². The maximum Gasteiger partial charge on any atom is 0.328 e. The SMILES string of the molecule is O=C(O)C1COCCN1C(=O)c1cc(Br)ccc1F. The van der Waals surface area contributed by atoms with E-state index in [1.165, 1.54) is 12.1 Å². The van der Waals surface area contributed by atoms with Crippen molar-refractivity contribution in [1.82, 2.24) is 4.90 Å². The molecule has 102 valence electrons. The molecule has 0 bridgehead atoms. The molecule has 7 heteroatoms. The zero-order chi connectivity index (χ0) is 14.0. The van der Waals surface area contributed by atoms with Crippen LogP contribution >= 0.6 is 15.9 Å². The number of morpholine rings is 1. The summed E-state index contributed by atoms with van der Waals surface area (Å²) in [6, 6.07) is 2.89. The molecule has 0 spiro atoms. The van der Waals surface area contributed by atoms with Crippen LogP contribution in [0.5, 0.6) is 0 Å². The van der Waals surface area contributed by atoms with Gasteiger partial charge in [-0.05, 0) is 18.2 Å². The molecule has 1 amide bonds.